The molecule has 0 fully saturated rings. The van der Waals surface area contributed by atoms with E-state index in [1.165, 1.54) is 0 Å². The van der Waals surface area contributed by atoms with E-state index in [2.05, 4.69) is 34.5 Å². The molecule has 0 bridgehead atoms. The first kappa shape index (κ1) is 21.1. The summed E-state index contributed by atoms with van der Waals surface area (Å²) in [5, 5.41) is 15.9. The average molecular weight is 442 g/mol. The van der Waals surface area contributed by atoms with Crippen molar-refractivity contribution in [1.82, 2.24) is 20.0 Å². The van der Waals surface area contributed by atoms with Gasteiger partial charge in [0, 0.05) is 23.5 Å². The van der Waals surface area contributed by atoms with E-state index in [4.69, 9.17) is 21.1 Å². The fourth-order valence-electron chi connectivity index (χ4n) is 3.77. The van der Waals surface area contributed by atoms with Gasteiger partial charge in [-0.15, -0.1) is 10.2 Å². The number of para-hydroxylation sites is 1. The van der Waals surface area contributed by atoms with Gasteiger partial charge in [-0.25, -0.2) is 0 Å². The summed E-state index contributed by atoms with van der Waals surface area (Å²) < 4.78 is 13.3. The van der Waals surface area contributed by atoms with Gasteiger partial charge < -0.3 is 14.8 Å². The van der Waals surface area contributed by atoms with Crippen LogP contribution < -0.4 is 14.8 Å². The number of rotatable bonds is 6. The van der Waals surface area contributed by atoms with Crippen LogP contribution in [0.25, 0.3) is 5.82 Å². The molecule has 0 saturated carbocycles. The fourth-order valence-corrected chi connectivity index (χ4v) is 3.87. The summed E-state index contributed by atoms with van der Waals surface area (Å²) in [5.74, 6) is 2.33. The van der Waals surface area contributed by atoms with Gasteiger partial charge in [-0.05, 0) is 31.0 Å². The molecule has 0 aliphatic carbocycles. The Morgan fingerprint density at radius 3 is 2.74 bits per heavy atom. The molecule has 0 unspecified atom stereocenters. The second-order valence-electron chi connectivity index (χ2n) is 7.86. The van der Waals surface area contributed by atoms with Gasteiger partial charge in [0.25, 0.3) is 0 Å². The predicted octanol–water partition coefficient (Wildman–Crippen LogP) is 4.14. The second-order valence-corrected chi connectivity index (χ2v) is 8.25. The van der Waals surface area contributed by atoms with Crippen molar-refractivity contribution < 1.29 is 14.3 Å². The van der Waals surface area contributed by atoms with Crippen LogP contribution in [0.2, 0.25) is 5.15 Å². The van der Waals surface area contributed by atoms with Gasteiger partial charge >= 0.3 is 0 Å². The van der Waals surface area contributed by atoms with E-state index in [0.29, 0.717) is 35.7 Å². The van der Waals surface area contributed by atoms with E-state index in [-0.39, 0.29) is 23.4 Å². The Kier molecular flexibility index (Phi) is 5.82. The largest absolute Gasteiger partial charge is 0.493 e. The summed E-state index contributed by atoms with van der Waals surface area (Å²) in [6.07, 6.45) is 0.275. The first-order chi connectivity index (χ1) is 14.9. The molecule has 1 amide bonds. The average Bonchev–Trinajstić information content (AvgIpc) is 3.08. The van der Waals surface area contributed by atoms with Gasteiger partial charge in [0.05, 0.1) is 19.4 Å². The van der Waals surface area contributed by atoms with E-state index < -0.39 is 0 Å². The molecule has 8 nitrogen and oxygen atoms in total. The highest BCUT2D eigenvalue weighted by molar-refractivity contribution is 6.29. The van der Waals surface area contributed by atoms with E-state index >= 15 is 0 Å². The fraction of sp³-hybridized carbons (Fsp3) is 0.364. The van der Waals surface area contributed by atoms with Crippen LogP contribution >= 0.6 is 11.6 Å². The van der Waals surface area contributed by atoms with Crippen LogP contribution in [0.4, 0.5) is 5.82 Å². The van der Waals surface area contributed by atoms with Crippen LogP contribution in [0.1, 0.15) is 43.0 Å². The molecule has 1 aliphatic rings. The van der Waals surface area contributed by atoms with Crippen LogP contribution in [-0.4, -0.2) is 39.6 Å². The molecule has 9 heteroatoms. The van der Waals surface area contributed by atoms with Crippen LogP contribution in [0, 0.1) is 12.8 Å². The smallest absolute Gasteiger partial charge is 0.226 e. The SMILES string of the molecule is COc1cccc([C@H]2CC(=O)Nc3c2c(C)nn3-c2ccc(Cl)nn2)c1OCC(C)C. The van der Waals surface area contributed by atoms with Crippen molar-refractivity contribution in [3.8, 4) is 17.3 Å². The van der Waals surface area contributed by atoms with E-state index in [1.807, 2.05) is 25.1 Å². The predicted molar refractivity (Wildman–Crippen MR) is 117 cm³/mol. The summed E-state index contributed by atoms with van der Waals surface area (Å²) in [6, 6.07) is 9.09. The monoisotopic (exact) mass is 441 g/mol. The van der Waals surface area contributed by atoms with Crippen molar-refractivity contribution in [3.63, 3.8) is 0 Å². The number of benzene rings is 1. The highest BCUT2D eigenvalue weighted by Gasteiger charge is 2.35. The molecule has 0 radical (unpaired) electrons. The molecule has 3 aromatic rings. The van der Waals surface area contributed by atoms with Crippen molar-refractivity contribution in [3.05, 3.63) is 52.3 Å². The molecule has 31 heavy (non-hydrogen) atoms. The van der Waals surface area contributed by atoms with Gasteiger partial charge in [-0.1, -0.05) is 37.6 Å². The minimum Gasteiger partial charge on any atom is -0.493 e. The summed E-state index contributed by atoms with van der Waals surface area (Å²) in [7, 11) is 1.61. The van der Waals surface area contributed by atoms with Gasteiger partial charge in [-0.3, -0.25) is 4.79 Å². The summed E-state index contributed by atoms with van der Waals surface area (Å²) in [6.45, 7) is 6.63. The maximum atomic E-state index is 12.7. The van der Waals surface area contributed by atoms with Crippen LogP contribution in [0.15, 0.2) is 30.3 Å². The van der Waals surface area contributed by atoms with Crippen molar-refractivity contribution >= 4 is 23.3 Å². The topological polar surface area (TPSA) is 91.2 Å². The second kappa shape index (κ2) is 8.55. The van der Waals surface area contributed by atoms with E-state index in [1.54, 1.807) is 23.9 Å². The highest BCUT2D eigenvalue weighted by atomic mass is 35.5. The molecule has 0 saturated heterocycles. The molecular formula is C22H24ClN5O3. The third-order valence-electron chi connectivity index (χ3n) is 5.10. The van der Waals surface area contributed by atoms with E-state index in [0.717, 1.165) is 16.8 Å². The number of aryl methyl sites for hydroxylation is 1. The molecule has 1 N–H and O–H groups in total. The van der Waals surface area contributed by atoms with Gasteiger partial charge in [0.2, 0.25) is 5.91 Å². The quantitative estimate of drug-likeness (QED) is 0.618. The van der Waals surface area contributed by atoms with Crippen LogP contribution in [0.3, 0.4) is 0 Å². The first-order valence-electron chi connectivity index (χ1n) is 10.1. The number of fused-ring (bicyclic) bond motifs is 1. The number of amides is 1. The zero-order chi connectivity index (χ0) is 22.1. The maximum absolute atomic E-state index is 12.7. The Hall–Kier alpha value is -3.13. The maximum Gasteiger partial charge on any atom is 0.226 e. The molecule has 162 valence electrons. The standard InChI is InChI=1S/C22H24ClN5O3/c1-12(2)11-31-21-14(6-5-7-16(21)30-4)15-10-19(29)24-22-20(15)13(3)27-28(22)18-9-8-17(23)25-26-18/h5-9,12,15H,10-11H2,1-4H3,(H,24,29)/t15-/m1/s1. The van der Waals surface area contributed by atoms with Gasteiger partial charge in [0.15, 0.2) is 22.5 Å². The molecule has 1 aliphatic heterocycles. The number of nitrogens with one attached hydrogen (secondary N) is 1. The molecule has 1 aromatic carbocycles. The molecule has 1 atom stereocenters. The van der Waals surface area contributed by atoms with Crippen LogP contribution in [-0.2, 0) is 4.79 Å². The van der Waals surface area contributed by atoms with Crippen molar-refractivity contribution in [2.75, 3.05) is 19.0 Å². The lowest BCUT2D eigenvalue weighted by Gasteiger charge is -2.27. The Balaban J connectivity index is 1.85. The van der Waals surface area contributed by atoms with Gasteiger partial charge in [0.1, 0.15) is 5.82 Å². The number of hydrogen-bond donors (Lipinski definition) is 1. The Morgan fingerprint density at radius 1 is 1.26 bits per heavy atom. The number of carbonyl (C=O) groups excluding carboxylic acids is 1. The van der Waals surface area contributed by atoms with E-state index in [9.17, 15) is 4.79 Å². The summed E-state index contributed by atoms with van der Waals surface area (Å²) in [4.78, 5) is 12.7. The number of ether oxygens (including phenoxy) is 2. The Labute approximate surface area is 185 Å². The molecule has 2 aromatic heterocycles. The third-order valence-corrected chi connectivity index (χ3v) is 5.30. The number of hydrogen-bond acceptors (Lipinski definition) is 6. The Morgan fingerprint density at radius 2 is 2.06 bits per heavy atom. The highest BCUT2D eigenvalue weighted by Crippen LogP contribution is 2.45. The number of nitrogens with zero attached hydrogens (tertiary/aromatic N) is 4. The number of methoxy groups -OCH3 is 1. The lowest BCUT2D eigenvalue weighted by atomic mass is 9.85. The molecule has 0 spiro atoms. The van der Waals surface area contributed by atoms with Crippen molar-refractivity contribution in [2.45, 2.75) is 33.1 Å². The minimum absolute atomic E-state index is 0.113. The lowest BCUT2D eigenvalue weighted by molar-refractivity contribution is -0.116. The zero-order valence-corrected chi connectivity index (χ0v) is 18.6. The zero-order valence-electron chi connectivity index (χ0n) is 17.8. The van der Waals surface area contributed by atoms with Gasteiger partial charge in [-0.2, -0.15) is 9.78 Å². The molecule has 4 rings (SSSR count). The third kappa shape index (κ3) is 4.07. The lowest BCUT2D eigenvalue weighted by Crippen LogP contribution is -2.25. The number of carbonyl (C=O) groups is 1. The normalized spacial score (nSPS) is 15.5. The number of halogens is 1. The van der Waals surface area contributed by atoms with Crippen molar-refractivity contribution in [1.29, 1.82) is 0 Å². The van der Waals surface area contributed by atoms with Crippen LogP contribution in [0.5, 0.6) is 11.5 Å². The molecular weight excluding hydrogens is 418 g/mol. The van der Waals surface area contributed by atoms with Crippen molar-refractivity contribution in [2.24, 2.45) is 5.92 Å². The molecule has 3 heterocycles. The minimum atomic E-state index is -0.241. The number of anilines is 1. The number of aromatic nitrogens is 4. The summed E-state index contributed by atoms with van der Waals surface area (Å²) >= 11 is 5.87. The first-order valence-corrected chi connectivity index (χ1v) is 10.5. The Bertz CT molecular complexity index is 1110. The summed E-state index contributed by atoms with van der Waals surface area (Å²) in [5.41, 5.74) is 2.59.